The summed E-state index contributed by atoms with van der Waals surface area (Å²) in [4.78, 5) is 16.8. The van der Waals surface area contributed by atoms with E-state index in [1.54, 1.807) is 24.3 Å². The molecule has 37 heavy (non-hydrogen) atoms. The van der Waals surface area contributed by atoms with E-state index in [1.165, 1.54) is 37.6 Å². The summed E-state index contributed by atoms with van der Waals surface area (Å²) in [6.07, 6.45) is 11.1. The predicted molar refractivity (Wildman–Crippen MR) is 135 cm³/mol. The number of nitrogens with zero attached hydrogens (tertiary/aromatic N) is 3. The van der Waals surface area contributed by atoms with E-state index < -0.39 is 11.7 Å². The summed E-state index contributed by atoms with van der Waals surface area (Å²) in [6.45, 7) is 3.07. The van der Waals surface area contributed by atoms with E-state index in [1.807, 2.05) is 0 Å². The SMILES string of the molecule is CCCCOC1CC2(CCC(Oc3ccc(NC(=O)c4nnc(Nc5ccccc5F)o4)cn3)CC2)C1. The van der Waals surface area contributed by atoms with Gasteiger partial charge in [0.15, 0.2) is 0 Å². The van der Waals surface area contributed by atoms with Crippen molar-refractivity contribution >= 4 is 23.3 Å². The molecule has 1 spiro atoms. The van der Waals surface area contributed by atoms with Gasteiger partial charge in [-0.1, -0.05) is 30.6 Å². The van der Waals surface area contributed by atoms with Crippen molar-refractivity contribution in [1.29, 1.82) is 0 Å². The molecule has 0 aliphatic heterocycles. The molecule has 1 amide bonds. The number of carbonyl (C=O) groups is 1. The zero-order chi connectivity index (χ0) is 25.7. The monoisotopic (exact) mass is 509 g/mol. The first kappa shape index (κ1) is 25.1. The molecule has 0 atom stereocenters. The second kappa shape index (κ2) is 11.2. The van der Waals surface area contributed by atoms with Crippen molar-refractivity contribution in [2.45, 2.75) is 70.5 Å². The molecule has 2 aliphatic carbocycles. The Kier molecular flexibility index (Phi) is 7.64. The number of unbranched alkanes of at least 4 members (excludes halogenated alkanes) is 1. The number of anilines is 3. The number of ether oxygens (including phenoxy) is 2. The van der Waals surface area contributed by atoms with Crippen molar-refractivity contribution in [3.8, 4) is 5.88 Å². The molecule has 0 unspecified atom stereocenters. The van der Waals surface area contributed by atoms with Gasteiger partial charge in [0, 0.05) is 12.7 Å². The van der Waals surface area contributed by atoms with Crippen molar-refractivity contribution in [3.63, 3.8) is 0 Å². The van der Waals surface area contributed by atoms with E-state index in [0.29, 0.717) is 23.1 Å². The number of pyridine rings is 1. The molecule has 3 aromatic rings. The Bertz CT molecular complexity index is 1190. The minimum atomic E-state index is -0.598. The number of nitrogens with one attached hydrogen (secondary N) is 2. The van der Waals surface area contributed by atoms with Crippen molar-refractivity contribution in [2.24, 2.45) is 5.41 Å². The third-order valence-electron chi connectivity index (χ3n) is 7.18. The van der Waals surface area contributed by atoms with Crippen molar-refractivity contribution in [1.82, 2.24) is 15.2 Å². The van der Waals surface area contributed by atoms with Gasteiger partial charge in [0.25, 0.3) is 0 Å². The Hall–Kier alpha value is -3.53. The van der Waals surface area contributed by atoms with E-state index in [0.717, 1.165) is 38.7 Å². The van der Waals surface area contributed by atoms with Gasteiger partial charge in [-0.15, -0.1) is 5.10 Å². The standard InChI is InChI=1S/C27H32FN5O4/c1-2-3-14-35-20-15-27(16-20)12-10-19(11-13-27)36-23-9-8-18(17-29-23)30-24(34)25-32-33-26(37-25)31-22-7-5-4-6-21(22)28/h4-9,17,19-20H,2-3,10-16H2,1H3,(H,30,34)(H,31,33). The normalized spacial score (nSPS) is 22.9. The summed E-state index contributed by atoms with van der Waals surface area (Å²) in [5.41, 5.74) is 1.07. The second-order valence-electron chi connectivity index (χ2n) is 9.93. The molecule has 2 aliphatic rings. The van der Waals surface area contributed by atoms with Crippen molar-refractivity contribution < 1.29 is 23.1 Å². The largest absolute Gasteiger partial charge is 0.474 e. The van der Waals surface area contributed by atoms with Crippen LogP contribution in [-0.2, 0) is 4.74 Å². The lowest BCUT2D eigenvalue weighted by atomic mass is 9.59. The molecule has 0 saturated heterocycles. The Morgan fingerprint density at radius 3 is 2.68 bits per heavy atom. The van der Waals surface area contributed by atoms with E-state index in [9.17, 15) is 9.18 Å². The van der Waals surface area contributed by atoms with E-state index in [2.05, 4.69) is 32.7 Å². The zero-order valence-corrected chi connectivity index (χ0v) is 20.9. The minimum absolute atomic E-state index is 0.0900. The number of aromatic nitrogens is 3. The highest BCUT2D eigenvalue weighted by Gasteiger charge is 2.46. The lowest BCUT2D eigenvalue weighted by Crippen LogP contribution is -2.46. The molecule has 5 rings (SSSR count). The fraction of sp³-hybridized carbons (Fsp3) is 0.481. The highest BCUT2D eigenvalue weighted by Crippen LogP contribution is 2.53. The summed E-state index contributed by atoms with van der Waals surface area (Å²) in [7, 11) is 0. The van der Waals surface area contributed by atoms with Gasteiger partial charge in [-0.05, 0) is 68.6 Å². The molecule has 2 N–H and O–H groups in total. The highest BCUT2D eigenvalue weighted by atomic mass is 19.1. The van der Waals surface area contributed by atoms with Gasteiger partial charge < -0.3 is 24.5 Å². The van der Waals surface area contributed by atoms with Gasteiger partial charge >= 0.3 is 17.8 Å². The lowest BCUT2D eigenvalue weighted by Gasteiger charge is -2.51. The Labute approximate surface area is 215 Å². The molecule has 9 nitrogen and oxygen atoms in total. The van der Waals surface area contributed by atoms with Crippen LogP contribution in [0.15, 0.2) is 47.0 Å². The Morgan fingerprint density at radius 2 is 1.95 bits per heavy atom. The van der Waals surface area contributed by atoms with Gasteiger partial charge in [0.2, 0.25) is 5.88 Å². The average molecular weight is 510 g/mol. The highest BCUT2D eigenvalue weighted by molar-refractivity contribution is 6.00. The first-order valence-corrected chi connectivity index (χ1v) is 12.9. The maximum absolute atomic E-state index is 13.8. The predicted octanol–water partition coefficient (Wildman–Crippen LogP) is 5.89. The van der Waals surface area contributed by atoms with Crippen molar-refractivity contribution in [2.75, 3.05) is 17.2 Å². The van der Waals surface area contributed by atoms with Crippen LogP contribution in [0.4, 0.5) is 21.8 Å². The molecule has 196 valence electrons. The average Bonchev–Trinajstić information content (AvgIpc) is 3.36. The lowest BCUT2D eigenvalue weighted by molar-refractivity contribution is -0.106. The van der Waals surface area contributed by atoms with Crippen LogP contribution >= 0.6 is 0 Å². The summed E-state index contributed by atoms with van der Waals surface area (Å²) >= 11 is 0. The number of hydrogen-bond donors (Lipinski definition) is 2. The number of benzene rings is 1. The van der Waals surface area contributed by atoms with E-state index in [-0.39, 0.29) is 23.7 Å². The van der Waals surface area contributed by atoms with Crippen LogP contribution < -0.4 is 15.4 Å². The molecule has 2 aromatic heterocycles. The van der Waals surface area contributed by atoms with Gasteiger partial charge in [-0.3, -0.25) is 4.79 Å². The number of carbonyl (C=O) groups excluding carboxylic acids is 1. The fourth-order valence-electron chi connectivity index (χ4n) is 5.07. The van der Waals surface area contributed by atoms with E-state index in [4.69, 9.17) is 13.9 Å². The van der Waals surface area contributed by atoms with Crippen LogP contribution in [0.2, 0.25) is 0 Å². The Balaban J connectivity index is 1.06. The number of hydrogen-bond acceptors (Lipinski definition) is 8. The molecular formula is C27H32FN5O4. The van der Waals surface area contributed by atoms with Crippen LogP contribution in [0.25, 0.3) is 0 Å². The molecule has 1 aromatic carbocycles. The number of para-hydroxylation sites is 1. The molecule has 0 radical (unpaired) electrons. The van der Waals surface area contributed by atoms with Crippen LogP contribution in [0.5, 0.6) is 5.88 Å². The maximum Gasteiger partial charge on any atom is 0.320 e. The first-order valence-electron chi connectivity index (χ1n) is 12.9. The molecule has 2 fully saturated rings. The van der Waals surface area contributed by atoms with Gasteiger partial charge in [-0.2, -0.15) is 0 Å². The van der Waals surface area contributed by atoms with Crippen LogP contribution in [0.1, 0.15) is 69.0 Å². The van der Waals surface area contributed by atoms with E-state index >= 15 is 0 Å². The van der Waals surface area contributed by atoms with Gasteiger partial charge in [-0.25, -0.2) is 9.37 Å². The minimum Gasteiger partial charge on any atom is -0.474 e. The zero-order valence-electron chi connectivity index (χ0n) is 20.9. The molecule has 0 bridgehead atoms. The van der Waals surface area contributed by atoms with Crippen LogP contribution in [0.3, 0.4) is 0 Å². The first-order chi connectivity index (χ1) is 18.0. The molecule has 2 saturated carbocycles. The van der Waals surface area contributed by atoms with Crippen molar-refractivity contribution in [3.05, 3.63) is 54.3 Å². The molecule has 2 heterocycles. The smallest absolute Gasteiger partial charge is 0.320 e. The van der Waals surface area contributed by atoms with Gasteiger partial charge in [0.05, 0.1) is 23.7 Å². The summed E-state index contributed by atoms with van der Waals surface area (Å²) < 4.78 is 31.1. The maximum atomic E-state index is 13.8. The number of amides is 1. The number of rotatable bonds is 10. The van der Waals surface area contributed by atoms with Crippen LogP contribution in [0, 0.1) is 11.2 Å². The fourth-order valence-corrected chi connectivity index (χ4v) is 5.07. The topological polar surface area (TPSA) is 111 Å². The quantitative estimate of drug-likeness (QED) is 0.326. The second-order valence-corrected chi connectivity index (χ2v) is 9.93. The molecule has 10 heteroatoms. The summed E-state index contributed by atoms with van der Waals surface area (Å²) in [5.74, 6) is -0.802. The third-order valence-corrected chi connectivity index (χ3v) is 7.18. The third kappa shape index (κ3) is 6.25. The van der Waals surface area contributed by atoms with Crippen LogP contribution in [-0.4, -0.2) is 39.9 Å². The van der Waals surface area contributed by atoms with Gasteiger partial charge in [0.1, 0.15) is 11.9 Å². The number of halogens is 1. The summed E-state index contributed by atoms with van der Waals surface area (Å²) in [5, 5.41) is 12.8. The Morgan fingerprint density at radius 1 is 1.14 bits per heavy atom. The molecular weight excluding hydrogens is 477 g/mol. The summed E-state index contributed by atoms with van der Waals surface area (Å²) in [6, 6.07) is 9.40.